The zero-order chi connectivity index (χ0) is 42.6. The summed E-state index contributed by atoms with van der Waals surface area (Å²) in [6.07, 6.45) is 29.3. The van der Waals surface area contributed by atoms with Crippen molar-refractivity contribution in [3.63, 3.8) is 0 Å². The summed E-state index contributed by atoms with van der Waals surface area (Å²) in [6, 6.07) is 27.4. The number of hydrogen-bond donors (Lipinski definition) is 1. The van der Waals surface area contributed by atoms with E-state index in [-0.39, 0.29) is 0 Å². The monoisotopic (exact) mass is 755 g/mol. The van der Waals surface area contributed by atoms with Crippen molar-refractivity contribution in [2.45, 2.75) is 116 Å². The van der Waals surface area contributed by atoms with Crippen LogP contribution in [0.15, 0.2) is 175 Å². The van der Waals surface area contributed by atoms with E-state index in [2.05, 4.69) is 207 Å². The quantitative estimate of drug-likeness (QED) is 0.185. The molecule has 0 aliphatic heterocycles. The Morgan fingerprint density at radius 1 is 0.768 bits per heavy atom. The molecule has 0 saturated heterocycles. The van der Waals surface area contributed by atoms with E-state index in [4.69, 9.17) is 0 Å². The fraction of sp³-hybridized carbons (Fsp3) is 0.333. The summed E-state index contributed by atoms with van der Waals surface area (Å²) in [5, 5.41) is 3.60. The minimum Gasteiger partial charge on any atom is -0.363 e. The molecule has 0 bridgehead atoms. The summed E-state index contributed by atoms with van der Waals surface area (Å²) in [5.41, 5.74) is 10.3. The number of aryl methyl sites for hydroxylation is 1. The van der Waals surface area contributed by atoms with Gasteiger partial charge in [0, 0.05) is 29.7 Å². The molecule has 0 saturated carbocycles. The molecule has 4 rings (SSSR count). The molecule has 2 heteroatoms. The summed E-state index contributed by atoms with van der Waals surface area (Å²) in [7, 11) is 0. The Labute approximate surface area is 346 Å². The lowest BCUT2D eigenvalue weighted by Gasteiger charge is -2.28. The highest BCUT2D eigenvalue weighted by Crippen LogP contribution is 2.33. The van der Waals surface area contributed by atoms with Crippen LogP contribution in [0.4, 0.5) is 11.4 Å². The minimum atomic E-state index is 0.791. The zero-order valence-corrected chi connectivity index (χ0v) is 37.7. The van der Waals surface area contributed by atoms with Crippen molar-refractivity contribution in [2.24, 2.45) is 5.92 Å². The SMILES string of the molecule is C=C\C=C/C(/C=C/c1cccc(C)c1)=C1/C=CC=C(N/C=C(/C)N(c2ccccc2)c2ccccc2/C=C\C=C)C1.CC.CC.CC(C)C.CCC.CCCC. The molecule has 1 N–H and O–H groups in total. The maximum atomic E-state index is 3.86. The van der Waals surface area contributed by atoms with Gasteiger partial charge in [0.2, 0.25) is 0 Å². The molecule has 0 aromatic heterocycles. The average molecular weight is 755 g/mol. The summed E-state index contributed by atoms with van der Waals surface area (Å²) in [4.78, 5) is 2.27. The lowest BCUT2D eigenvalue weighted by atomic mass is 9.97. The molecule has 56 heavy (non-hydrogen) atoms. The van der Waals surface area contributed by atoms with Gasteiger partial charge in [-0.05, 0) is 66.3 Å². The number of benzene rings is 3. The van der Waals surface area contributed by atoms with Crippen molar-refractivity contribution in [2.75, 3.05) is 4.90 Å². The highest BCUT2D eigenvalue weighted by Gasteiger charge is 2.15. The first kappa shape index (κ1) is 53.0. The van der Waals surface area contributed by atoms with Gasteiger partial charge in [0.15, 0.2) is 0 Å². The summed E-state index contributed by atoms with van der Waals surface area (Å²) in [6.45, 7) is 35.1. The van der Waals surface area contributed by atoms with Gasteiger partial charge in [0.1, 0.15) is 0 Å². The molecule has 1 aliphatic rings. The van der Waals surface area contributed by atoms with Gasteiger partial charge in [-0.1, -0.05) is 236 Å². The van der Waals surface area contributed by atoms with Gasteiger partial charge < -0.3 is 10.2 Å². The number of anilines is 2. The molecule has 0 radical (unpaired) electrons. The van der Waals surface area contributed by atoms with E-state index >= 15 is 0 Å². The Kier molecular flexibility index (Phi) is 33.7. The third kappa shape index (κ3) is 23.6. The van der Waals surface area contributed by atoms with Crippen LogP contribution in [0, 0.1) is 12.8 Å². The number of allylic oxidation sites excluding steroid dienone is 12. The van der Waals surface area contributed by atoms with Crippen LogP contribution in [-0.4, -0.2) is 0 Å². The molecule has 1 aliphatic carbocycles. The van der Waals surface area contributed by atoms with E-state index in [1.165, 1.54) is 36.0 Å². The van der Waals surface area contributed by atoms with Gasteiger partial charge in [-0.15, -0.1) is 0 Å². The van der Waals surface area contributed by atoms with Gasteiger partial charge in [-0.2, -0.15) is 0 Å². The zero-order valence-electron chi connectivity index (χ0n) is 37.7. The number of para-hydroxylation sites is 2. The van der Waals surface area contributed by atoms with Gasteiger partial charge in [0.05, 0.1) is 5.69 Å². The second kappa shape index (κ2) is 35.6. The van der Waals surface area contributed by atoms with Crippen molar-refractivity contribution in [1.82, 2.24) is 5.32 Å². The highest BCUT2D eigenvalue weighted by molar-refractivity contribution is 5.77. The second-order valence-corrected chi connectivity index (χ2v) is 13.2. The van der Waals surface area contributed by atoms with Crippen molar-refractivity contribution in [3.05, 3.63) is 192 Å². The first-order valence-corrected chi connectivity index (χ1v) is 21.0. The van der Waals surface area contributed by atoms with Crippen molar-refractivity contribution < 1.29 is 0 Å². The van der Waals surface area contributed by atoms with Gasteiger partial charge in [-0.3, -0.25) is 0 Å². The van der Waals surface area contributed by atoms with Crippen LogP contribution >= 0.6 is 0 Å². The number of unbranched alkanes of at least 4 members (excludes halogenated alkanes) is 1. The third-order valence-corrected chi connectivity index (χ3v) is 7.18. The van der Waals surface area contributed by atoms with Gasteiger partial charge in [-0.25, -0.2) is 0 Å². The Morgan fingerprint density at radius 3 is 1.93 bits per heavy atom. The average Bonchev–Trinajstić information content (AvgIpc) is 3.22. The van der Waals surface area contributed by atoms with Crippen LogP contribution in [-0.2, 0) is 0 Å². The minimum absolute atomic E-state index is 0.791. The first-order chi connectivity index (χ1) is 27.1. The predicted molar refractivity (Wildman–Crippen MR) is 259 cm³/mol. The lowest BCUT2D eigenvalue weighted by molar-refractivity contribution is 0.737. The number of rotatable bonds is 12. The van der Waals surface area contributed by atoms with E-state index in [0.29, 0.717) is 0 Å². The standard InChI is InChI=1S/C39H38N2.2C4H10.C3H8.2C2H6/c1-5-7-18-34(27-26-33-17-14-16-31(3)28-33)36-21-15-22-37(29-36)40-30-32(4)41(38-23-10-9-11-24-38)39-25-13-12-20-35(39)19-8-6-2;1-4(2)3;1-3-4-2;1-3-2;2*1-2/h5-28,30,40H,1-2,29H2,3-4H3;4H,1-3H3;3-4H2,1-2H3;3H2,1-2H3;2*1-2H3/b18-7-,19-8-,27-26+,32-30-,36-34+;;;;;. The molecule has 3 aromatic carbocycles. The molecule has 3 aromatic rings. The molecule has 0 spiro atoms. The third-order valence-electron chi connectivity index (χ3n) is 7.18. The normalized spacial score (nSPS) is 12.6. The van der Waals surface area contributed by atoms with Crippen LogP contribution in [0.2, 0.25) is 0 Å². The maximum absolute atomic E-state index is 3.86. The molecular formula is C54H78N2. The van der Waals surface area contributed by atoms with E-state index in [9.17, 15) is 0 Å². The van der Waals surface area contributed by atoms with E-state index in [0.717, 1.165) is 46.2 Å². The van der Waals surface area contributed by atoms with Crippen LogP contribution < -0.4 is 10.2 Å². The van der Waals surface area contributed by atoms with Crippen molar-refractivity contribution >= 4 is 23.5 Å². The van der Waals surface area contributed by atoms with E-state index < -0.39 is 0 Å². The lowest BCUT2D eigenvalue weighted by Crippen LogP contribution is -2.18. The maximum Gasteiger partial charge on any atom is 0.0531 e. The number of nitrogens with zero attached hydrogens (tertiary/aromatic N) is 1. The van der Waals surface area contributed by atoms with Crippen LogP contribution in [0.25, 0.3) is 12.2 Å². The molecule has 0 atom stereocenters. The molecule has 0 heterocycles. The summed E-state index contributed by atoms with van der Waals surface area (Å²) < 4.78 is 0. The Bertz CT molecular complexity index is 1670. The van der Waals surface area contributed by atoms with Crippen LogP contribution in [0.1, 0.15) is 125 Å². The van der Waals surface area contributed by atoms with Crippen molar-refractivity contribution in [1.29, 1.82) is 0 Å². The molecule has 0 fully saturated rings. The number of nitrogens with one attached hydrogen (secondary N) is 1. The molecular weight excluding hydrogens is 677 g/mol. The molecule has 304 valence electrons. The smallest absolute Gasteiger partial charge is 0.0531 e. The molecule has 2 nitrogen and oxygen atoms in total. The fourth-order valence-electron chi connectivity index (χ4n) is 4.68. The van der Waals surface area contributed by atoms with Gasteiger partial charge in [0.25, 0.3) is 0 Å². The predicted octanol–water partition coefficient (Wildman–Crippen LogP) is 17.3. The summed E-state index contributed by atoms with van der Waals surface area (Å²) >= 11 is 0. The number of hydrogen-bond acceptors (Lipinski definition) is 2. The van der Waals surface area contributed by atoms with Crippen LogP contribution in [0.3, 0.4) is 0 Å². The largest absolute Gasteiger partial charge is 0.363 e. The Hall–Kier alpha value is -5.08. The van der Waals surface area contributed by atoms with Crippen molar-refractivity contribution in [3.8, 4) is 0 Å². The summed E-state index contributed by atoms with van der Waals surface area (Å²) in [5.74, 6) is 0.833. The second-order valence-electron chi connectivity index (χ2n) is 13.2. The molecule has 0 unspecified atom stereocenters. The van der Waals surface area contributed by atoms with E-state index in [1.54, 1.807) is 6.08 Å². The van der Waals surface area contributed by atoms with E-state index in [1.807, 2.05) is 52.0 Å². The topological polar surface area (TPSA) is 15.3 Å². The first-order valence-electron chi connectivity index (χ1n) is 21.0. The Balaban J connectivity index is 0. The molecule has 0 amide bonds. The fourth-order valence-corrected chi connectivity index (χ4v) is 4.68. The Morgan fingerprint density at radius 2 is 1.36 bits per heavy atom. The van der Waals surface area contributed by atoms with Gasteiger partial charge >= 0.3 is 0 Å². The van der Waals surface area contributed by atoms with Crippen LogP contribution in [0.5, 0.6) is 0 Å². The highest BCUT2D eigenvalue weighted by atomic mass is 15.2.